The predicted octanol–water partition coefficient (Wildman–Crippen LogP) is 0.964. The summed E-state index contributed by atoms with van der Waals surface area (Å²) < 4.78 is 22.7. The number of para-hydroxylation sites is 1. The molecule has 0 fully saturated rings. The van der Waals surface area contributed by atoms with Gasteiger partial charge in [0.15, 0.2) is 10.9 Å². The van der Waals surface area contributed by atoms with Crippen LogP contribution in [0.15, 0.2) is 52.6 Å². The van der Waals surface area contributed by atoms with Crippen molar-refractivity contribution in [3.05, 3.63) is 53.1 Å². The molecule has 0 atom stereocenters. The van der Waals surface area contributed by atoms with E-state index in [1.165, 1.54) is 6.08 Å². The van der Waals surface area contributed by atoms with E-state index in [9.17, 15) is 8.42 Å². The minimum absolute atomic E-state index is 0.0394. The summed E-state index contributed by atoms with van der Waals surface area (Å²) in [5.74, 6) is 0.131. The molecule has 24 heavy (non-hydrogen) atoms. The Labute approximate surface area is 145 Å². The Balaban J connectivity index is 2.11. The lowest BCUT2D eigenvalue weighted by Gasteiger charge is -2.12. The number of hydrazone groups is 1. The third kappa shape index (κ3) is 3.85. The van der Waals surface area contributed by atoms with Crippen LogP contribution in [0.3, 0.4) is 0 Å². The van der Waals surface area contributed by atoms with Crippen LogP contribution in [0, 0.1) is 5.41 Å². The molecule has 0 unspecified atom stereocenters. The van der Waals surface area contributed by atoms with Gasteiger partial charge in [0, 0.05) is 11.3 Å². The maximum absolute atomic E-state index is 11.3. The molecule has 0 bridgehead atoms. The van der Waals surface area contributed by atoms with Gasteiger partial charge in [-0.15, -0.1) is 0 Å². The number of fused-ring (bicyclic) bond motifs is 1. The van der Waals surface area contributed by atoms with Crippen LogP contribution < -0.4 is 21.2 Å². The molecule has 1 aliphatic rings. The highest BCUT2D eigenvalue weighted by Gasteiger charge is 2.22. The second kappa shape index (κ2) is 6.91. The molecule has 0 aromatic heterocycles. The SMILES string of the molecule is C=C(/C(=C\C)NC(=S)N/N=C1\C(=N)Nc2ccccc21)S(N)(=O)=O. The average Bonchev–Trinajstić information content (AvgIpc) is 2.84. The monoisotopic (exact) mass is 364 g/mol. The number of sulfonamides is 1. The first-order valence-corrected chi connectivity index (χ1v) is 8.68. The molecule has 1 aromatic carbocycles. The van der Waals surface area contributed by atoms with E-state index in [0.717, 1.165) is 11.3 Å². The number of hydrogen-bond acceptors (Lipinski definition) is 5. The fraction of sp³-hybridized carbons (Fsp3) is 0.0714. The second-order valence-corrected chi connectivity index (χ2v) is 6.73. The number of amidine groups is 1. The zero-order chi connectivity index (χ0) is 17.9. The number of thiocarbonyl (C=S) groups is 1. The quantitative estimate of drug-likeness (QED) is 0.307. The Morgan fingerprint density at radius 3 is 2.75 bits per heavy atom. The van der Waals surface area contributed by atoms with Crippen molar-refractivity contribution in [3.63, 3.8) is 0 Å². The van der Waals surface area contributed by atoms with Crippen molar-refractivity contribution in [2.45, 2.75) is 6.92 Å². The Morgan fingerprint density at radius 2 is 2.12 bits per heavy atom. The summed E-state index contributed by atoms with van der Waals surface area (Å²) in [5.41, 5.74) is 4.65. The Bertz CT molecular complexity index is 886. The van der Waals surface area contributed by atoms with E-state index >= 15 is 0 Å². The van der Waals surface area contributed by atoms with Gasteiger partial charge >= 0.3 is 0 Å². The van der Waals surface area contributed by atoms with Crippen LogP contribution in [0.4, 0.5) is 5.69 Å². The van der Waals surface area contributed by atoms with Gasteiger partial charge in [0.25, 0.3) is 0 Å². The first-order chi connectivity index (χ1) is 11.2. The number of primary sulfonamides is 1. The zero-order valence-corrected chi connectivity index (χ0v) is 14.4. The highest BCUT2D eigenvalue weighted by Crippen LogP contribution is 2.22. The summed E-state index contributed by atoms with van der Waals surface area (Å²) in [4.78, 5) is -0.289. The number of nitrogens with one attached hydrogen (secondary N) is 4. The molecule has 0 saturated heterocycles. The van der Waals surface area contributed by atoms with E-state index in [2.05, 4.69) is 27.7 Å². The van der Waals surface area contributed by atoms with Crippen LogP contribution in [0.1, 0.15) is 12.5 Å². The van der Waals surface area contributed by atoms with Gasteiger partial charge in [-0.3, -0.25) is 10.8 Å². The van der Waals surface area contributed by atoms with Gasteiger partial charge in [0.1, 0.15) is 5.71 Å². The van der Waals surface area contributed by atoms with E-state index in [1.54, 1.807) is 6.92 Å². The minimum atomic E-state index is -3.93. The molecule has 10 heteroatoms. The fourth-order valence-corrected chi connectivity index (χ4v) is 2.59. The number of nitrogens with two attached hydrogens (primary N) is 1. The topological polar surface area (TPSA) is 132 Å². The largest absolute Gasteiger partial charge is 0.338 e. The van der Waals surface area contributed by atoms with Crippen LogP contribution in [-0.4, -0.2) is 25.1 Å². The van der Waals surface area contributed by atoms with E-state index in [1.807, 2.05) is 24.3 Å². The lowest BCUT2D eigenvalue weighted by molar-refractivity contribution is 0.604. The van der Waals surface area contributed by atoms with Gasteiger partial charge in [0.05, 0.1) is 10.6 Å². The Hall–Kier alpha value is -2.56. The molecule has 2 rings (SSSR count). The molecular weight excluding hydrogens is 348 g/mol. The molecule has 1 aromatic rings. The molecule has 6 N–H and O–H groups in total. The number of rotatable bonds is 4. The molecule has 1 aliphatic heterocycles. The summed E-state index contributed by atoms with van der Waals surface area (Å²) >= 11 is 5.07. The van der Waals surface area contributed by atoms with Gasteiger partial charge in [-0.25, -0.2) is 13.6 Å². The van der Waals surface area contributed by atoms with Crippen LogP contribution in [0.2, 0.25) is 0 Å². The molecule has 126 valence electrons. The maximum Gasteiger partial charge on any atom is 0.239 e. The van der Waals surface area contributed by atoms with Gasteiger partial charge in [-0.05, 0) is 25.2 Å². The smallest absolute Gasteiger partial charge is 0.239 e. The molecule has 0 radical (unpaired) electrons. The molecule has 8 nitrogen and oxygen atoms in total. The van der Waals surface area contributed by atoms with Crippen LogP contribution in [-0.2, 0) is 10.0 Å². The zero-order valence-electron chi connectivity index (χ0n) is 12.8. The van der Waals surface area contributed by atoms with Crippen molar-refractivity contribution in [3.8, 4) is 0 Å². The summed E-state index contributed by atoms with van der Waals surface area (Å²) in [6.45, 7) is 5.03. The van der Waals surface area contributed by atoms with E-state index in [4.69, 9.17) is 22.8 Å². The second-order valence-electron chi connectivity index (χ2n) is 4.74. The Morgan fingerprint density at radius 1 is 1.46 bits per heavy atom. The lowest BCUT2D eigenvalue weighted by Crippen LogP contribution is -2.35. The van der Waals surface area contributed by atoms with Crippen molar-refractivity contribution in [2.24, 2.45) is 10.2 Å². The van der Waals surface area contributed by atoms with Crippen molar-refractivity contribution in [2.75, 3.05) is 5.32 Å². The van der Waals surface area contributed by atoms with Crippen LogP contribution >= 0.6 is 12.2 Å². The minimum Gasteiger partial charge on any atom is -0.338 e. The lowest BCUT2D eigenvalue weighted by atomic mass is 10.1. The van der Waals surface area contributed by atoms with E-state index < -0.39 is 10.0 Å². The van der Waals surface area contributed by atoms with Crippen LogP contribution in [0.25, 0.3) is 0 Å². The molecule has 0 spiro atoms. The van der Waals surface area contributed by atoms with Crippen molar-refractivity contribution < 1.29 is 8.42 Å². The van der Waals surface area contributed by atoms with E-state index in [-0.39, 0.29) is 21.6 Å². The third-order valence-electron chi connectivity index (χ3n) is 3.13. The van der Waals surface area contributed by atoms with Crippen molar-refractivity contribution in [1.82, 2.24) is 10.7 Å². The third-order valence-corrected chi connectivity index (χ3v) is 4.23. The number of allylic oxidation sites excluding steroid dienone is 1. The molecular formula is C14H16N6O2S2. The first-order valence-electron chi connectivity index (χ1n) is 6.72. The molecule has 0 aliphatic carbocycles. The highest BCUT2D eigenvalue weighted by atomic mass is 32.2. The van der Waals surface area contributed by atoms with Gasteiger partial charge in [-0.2, -0.15) is 5.10 Å². The summed E-state index contributed by atoms with van der Waals surface area (Å²) in [6, 6.07) is 7.33. The van der Waals surface area contributed by atoms with Crippen molar-refractivity contribution >= 4 is 44.6 Å². The molecule has 0 amide bonds. The normalized spacial score (nSPS) is 15.7. The number of nitrogens with zero attached hydrogens (tertiary/aromatic N) is 1. The number of benzene rings is 1. The average molecular weight is 364 g/mol. The van der Waals surface area contributed by atoms with Gasteiger partial charge < -0.3 is 10.6 Å². The van der Waals surface area contributed by atoms with E-state index in [0.29, 0.717) is 5.71 Å². The summed E-state index contributed by atoms with van der Waals surface area (Å²) in [7, 11) is -3.93. The van der Waals surface area contributed by atoms with Crippen LogP contribution in [0.5, 0.6) is 0 Å². The van der Waals surface area contributed by atoms with Gasteiger partial charge in [-0.1, -0.05) is 30.9 Å². The number of hydrogen-bond donors (Lipinski definition) is 5. The van der Waals surface area contributed by atoms with Gasteiger partial charge in [0.2, 0.25) is 10.0 Å². The maximum atomic E-state index is 11.3. The number of anilines is 1. The first kappa shape index (κ1) is 17.8. The summed E-state index contributed by atoms with van der Waals surface area (Å²) in [6.07, 6.45) is 1.47. The molecule has 0 saturated carbocycles. The highest BCUT2D eigenvalue weighted by molar-refractivity contribution is 7.93. The standard InChI is InChI=1S/C14H16N6O2S2/c1-3-10(8(2)24(16,21)22)18-14(23)20-19-12-9-6-4-5-7-11(9)17-13(12)15/h3-7H,2H2,1H3,(H2,15,17,19)(H2,16,21,22)(H2,18,20,23)/b10-3+. The van der Waals surface area contributed by atoms with Crippen molar-refractivity contribution in [1.29, 1.82) is 5.41 Å². The Kier molecular flexibility index (Phi) is 5.12. The fourth-order valence-electron chi connectivity index (χ4n) is 1.96. The predicted molar refractivity (Wildman–Crippen MR) is 99.2 cm³/mol. The molecule has 1 heterocycles. The summed E-state index contributed by atoms with van der Waals surface area (Å²) in [5, 5.41) is 22.6.